The summed E-state index contributed by atoms with van der Waals surface area (Å²) in [4.78, 5) is 39.0. The molecule has 4 amide bonds. The molecule has 0 bridgehead atoms. The number of hydrogen-bond donors (Lipinski definition) is 2. The molecule has 0 aromatic heterocycles. The minimum Gasteiger partial charge on any atom is -0.493 e. The molecule has 0 aliphatic carbocycles. The van der Waals surface area contributed by atoms with Gasteiger partial charge in [-0.1, -0.05) is 70.9 Å². The van der Waals surface area contributed by atoms with E-state index in [2.05, 4.69) is 26.6 Å². The van der Waals surface area contributed by atoms with E-state index in [1.54, 1.807) is 18.2 Å². The van der Waals surface area contributed by atoms with Crippen LogP contribution in [0.25, 0.3) is 6.08 Å². The predicted molar refractivity (Wildman–Crippen MR) is 149 cm³/mol. The van der Waals surface area contributed by atoms with Gasteiger partial charge in [0.05, 0.1) is 7.11 Å². The van der Waals surface area contributed by atoms with Crippen molar-refractivity contribution < 1.29 is 23.9 Å². The fourth-order valence-corrected chi connectivity index (χ4v) is 4.49. The lowest BCUT2D eigenvalue weighted by atomic mass is 10.1. The molecule has 9 heteroatoms. The fourth-order valence-electron chi connectivity index (χ4n) is 4.05. The fraction of sp³-hybridized carbons (Fsp3) is 0.207. The van der Waals surface area contributed by atoms with Crippen molar-refractivity contribution in [2.75, 3.05) is 19.0 Å². The van der Waals surface area contributed by atoms with Crippen LogP contribution in [0, 0.1) is 6.92 Å². The van der Waals surface area contributed by atoms with Crippen LogP contribution in [0.1, 0.15) is 29.2 Å². The van der Waals surface area contributed by atoms with Crippen molar-refractivity contribution in [3.05, 3.63) is 93.1 Å². The van der Waals surface area contributed by atoms with Crippen molar-refractivity contribution >= 4 is 45.5 Å². The Balaban J connectivity index is 1.47. The van der Waals surface area contributed by atoms with Gasteiger partial charge in [0.1, 0.15) is 18.8 Å². The molecule has 3 aromatic carbocycles. The standard InChI is InChI=1S/C29H28BrN3O5/c1-4-20-10-5-6-11-23(20)31-27(34)16-33-28(35)24(32-29(33)36)13-21-14-25(37-3)26(15-22(21)30)38-17-19-9-7-8-18(2)12-19/h5-15H,4,16-17H2,1-3H3,(H,31,34)(H,32,36)/b24-13+. The number of halogens is 1. The summed E-state index contributed by atoms with van der Waals surface area (Å²) in [6.07, 6.45) is 2.27. The Morgan fingerprint density at radius 3 is 2.61 bits per heavy atom. The number of imide groups is 1. The SMILES string of the molecule is CCc1ccccc1NC(=O)CN1C(=O)N/C(=C/c2cc(OC)c(OCc3cccc(C)c3)cc2Br)C1=O. The normalized spacial score (nSPS) is 14.0. The molecule has 0 saturated carbocycles. The zero-order valence-corrected chi connectivity index (χ0v) is 22.9. The second-order valence-electron chi connectivity index (χ2n) is 8.74. The zero-order chi connectivity index (χ0) is 27.2. The third-order valence-corrected chi connectivity index (χ3v) is 6.68. The lowest BCUT2D eigenvalue weighted by Gasteiger charge is -2.14. The van der Waals surface area contributed by atoms with E-state index in [-0.39, 0.29) is 5.70 Å². The van der Waals surface area contributed by atoms with Crippen molar-refractivity contribution in [1.82, 2.24) is 10.2 Å². The van der Waals surface area contributed by atoms with Crippen LogP contribution in [0.5, 0.6) is 11.5 Å². The van der Waals surface area contributed by atoms with Gasteiger partial charge in [-0.2, -0.15) is 0 Å². The number of carbonyl (C=O) groups excluding carboxylic acids is 3. The molecule has 1 saturated heterocycles. The second kappa shape index (κ2) is 12.0. The first-order chi connectivity index (χ1) is 18.3. The molecular formula is C29H28BrN3O5. The number of urea groups is 1. The molecular weight excluding hydrogens is 550 g/mol. The first-order valence-corrected chi connectivity index (χ1v) is 12.9. The third-order valence-electron chi connectivity index (χ3n) is 6.00. The minimum atomic E-state index is -0.665. The summed E-state index contributed by atoms with van der Waals surface area (Å²) in [6, 6.07) is 18.2. The van der Waals surface area contributed by atoms with Gasteiger partial charge in [-0.15, -0.1) is 0 Å². The molecule has 1 aliphatic rings. The molecule has 1 fully saturated rings. The average Bonchev–Trinajstić information content (AvgIpc) is 3.16. The van der Waals surface area contributed by atoms with E-state index in [0.717, 1.165) is 28.0 Å². The maximum absolute atomic E-state index is 13.0. The van der Waals surface area contributed by atoms with Gasteiger partial charge in [-0.3, -0.25) is 9.59 Å². The number of aryl methyl sites for hydroxylation is 2. The topological polar surface area (TPSA) is 97.0 Å². The van der Waals surface area contributed by atoms with Crippen LogP contribution < -0.4 is 20.1 Å². The Kier molecular flexibility index (Phi) is 8.48. The van der Waals surface area contributed by atoms with E-state index in [4.69, 9.17) is 9.47 Å². The first-order valence-electron chi connectivity index (χ1n) is 12.1. The summed E-state index contributed by atoms with van der Waals surface area (Å²) < 4.78 is 12.1. The molecule has 2 N–H and O–H groups in total. The van der Waals surface area contributed by atoms with Crippen molar-refractivity contribution in [2.24, 2.45) is 0 Å². The van der Waals surface area contributed by atoms with Gasteiger partial charge in [0.25, 0.3) is 5.91 Å². The predicted octanol–water partition coefficient (Wildman–Crippen LogP) is 5.44. The molecule has 0 unspecified atom stereocenters. The van der Waals surface area contributed by atoms with Crippen LogP contribution in [0.2, 0.25) is 0 Å². The van der Waals surface area contributed by atoms with Crippen LogP contribution in [0.4, 0.5) is 10.5 Å². The Morgan fingerprint density at radius 1 is 1.08 bits per heavy atom. The number of carbonyl (C=O) groups is 3. The monoisotopic (exact) mass is 577 g/mol. The third kappa shape index (κ3) is 6.23. The summed E-state index contributed by atoms with van der Waals surface area (Å²) >= 11 is 3.51. The smallest absolute Gasteiger partial charge is 0.329 e. The highest BCUT2D eigenvalue weighted by Crippen LogP contribution is 2.35. The number of hydrogen-bond acceptors (Lipinski definition) is 5. The molecule has 4 rings (SSSR count). The summed E-state index contributed by atoms with van der Waals surface area (Å²) in [5.74, 6) is -0.0704. The number of anilines is 1. The quantitative estimate of drug-likeness (QED) is 0.261. The largest absolute Gasteiger partial charge is 0.493 e. The Morgan fingerprint density at radius 2 is 1.87 bits per heavy atom. The van der Waals surface area contributed by atoms with Gasteiger partial charge < -0.3 is 20.1 Å². The van der Waals surface area contributed by atoms with E-state index < -0.39 is 24.4 Å². The van der Waals surface area contributed by atoms with Gasteiger partial charge in [0.15, 0.2) is 11.5 Å². The molecule has 8 nitrogen and oxygen atoms in total. The number of rotatable bonds is 9. The van der Waals surface area contributed by atoms with E-state index in [0.29, 0.717) is 33.8 Å². The molecule has 38 heavy (non-hydrogen) atoms. The molecule has 0 atom stereocenters. The zero-order valence-electron chi connectivity index (χ0n) is 21.3. The molecule has 0 radical (unpaired) electrons. The Labute approximate surface area is 229 Å². The van der Waals surface area contributed by atoms with Gasteiger partial charge in [0.2, 0.25) is 5.91 Å². The average molecular weight is 578 g/mol. The number of nitrogens with zero attached hydrogens (tertiary/aromatic N) is 1. The van der Waals surface area contributed by atoms with Crippen molar-refractivity contribution in [3.8, 4) is 11.5 Å². The lowest BCUT2D eigenvalue weighted by Crippen LogP contribution is -2.38. The van der Waals surface area contributed by atoms with Gasteiger partial charge in [-0.05, 0) is 54.3 Å². The summed E-state index contributed by atoms with van der Waals surface area (Å²) in [5.41, 5.74) is 4.43. The maximum atomic E-state index is 13.0. The number of para-hydroxylation sites is 1. The van der Waals surface area contributed by atoms with Crippen LogP contribution in [0.3, 0.4) is 0 Å². The molecule has 196 valence electrons. The van der Waals surface area contributed by atoms with Crippen LogP contribution in [0.15, 0.2) is 70.8 Å². The van der Waals surface area contributed by atoms with E-state index in [1.807, 2.05) is 56.3 Å². The first kappa shape index (κ1) is 26.9. The van der Waals surface area contributed by atoms with Crippen LogP contribution >= 0.6 is 15.9 Å². The molecule has 1 aliphatic heterocycles. The molecule has 3 aromatic rings. The van der Waals surface area contributed by atoms with Gasteiger partial charge >= 0.3 is 6.03 Å². The number of nitrogens with one attached hydrogen (secondary N) is 2. The number of ether oxygens (including phenoxy) is 2. The van der Waals surface area contributed by atoms with Crippen molar-refractivity contribution in [3.63, 3.8) is 0 Å². The summed E-state index contributed by atoms with van der Waals surface area (Å²) in [7, 11) is 1.53. The number of benzene rings is 3. The summed E-state index contributed by atoms with van der Waals surface area (Å²) in [5, 5.41) is 5.33. The minimum absolute atomic E-state index is 0.0490. The van der Waals surface area contributed by atoms with Gasteiger partial charge in [0, 0.05) is 10.2 Å². The van der Waals surface area contributed by atoms with E-state index in [9.17, 15) is 14.4 Å². The lowest BCUT2D eigenvalue weighted by molar-refractivity contribution is -0.127. The van der Waals surface area contributed by atoms with Crippen molar-refractivity contribution in [2.45, 2.75) is 26.9 Å². The van der Waals surface area contributed by atoms with Gasteiger partial charge in [-0.25, -0.2) is 9.69 Å². The van der Waals surface area contributed by atoms with E-state index >= 15 is 0 Å². The Bertz CT molecular complexity index is 1420. The molecule has 0 spiro atoms. The van der Waals surface area contributed by atoms with Crippen LogP contribution in [-0.2, 0) is 22.6 Å². The number of amides is 4. The highest BCUT2D eigenvalue weighted by molar-refractivity contribution is 9.10. The summed E-state index contributed by atoms with van der Waals surface area (Å²) in [6.45, 7) is 3.95. The van der Waals surface area contributed by atoms with Crippen LogP contribution in [-0.4, -0.2) is 36.4 Å². The number of methoxy groups -OCH3 is 1. The van der Waals surface area contributed by atoms with E-state index in [1.165, 1.54) is 13.2 Å². The molecule has 1 heterocycles. The Hall–Kier alpha value is -4.11. The second-order valence-corrected chi connectivity index (χ2v) is 9.59. The highest BCUT2D eigenvalue weighted by atomic mass is 79.9. The van der Waals surface area contributed by atoms with Crippen molar-refractivity contribution in [1.29, 1.82) is 0 Å². The maximum Gasteiger partial charge on any atom is 0.329 e. The highest BCUT2D eigenvalue weighted by Gasteiger charge is 2.35.